The molecule has 1 aromatic carbocycles. The Morgan fingerprint density at radius 3 is 2.71 bits per heavy atom. The Kier molecular flexibility index (Phi) is 5.10. The second kappa shape index (κ2) is 6.60. The highest BCUT2D eigenvalue weighted by Gasteiger charge is 2.39. The van der Waals surface area contributed by atoms with Crippen molar-refractivity contribution in [2.75, 3.05) is 6.54 Å². The normalized spacial score (nSPS) is 13.7. The summed E-state index contributed by atoms with van der Waals surface area (Å²) in [6.07, 6.45) is -0.462. The Morgan fingerprint density at radius 1 is 1.46 bits per heavy atom. The number of aromatic amines is 1. The van der Waals surface area contributed by atoms with E-state index in [1.807, 2.05) is 0 Å². The molecule has 0 amide bonds. The molecule has 1 heterocycles. The van der Waals surface area contributed by atoms with Crippen LogP contribution in [0.2, 0.25) is 18.1 Å². The van der Waals surface area contributed by atoms with Crippen LogP contribution >= 0.6 is 11.3 Å². The summed E-state index contributed by atoms with van der Waals surface area (Å²) in [4.78, 5) is 16.9. The van der Waals surface area contributed by atoms with Gasteiger partial charge in [0.25, 0.3) is 0 Å². The van der Waals surface area contributed by atoms with Gasteiger partial charge in [-0.1, -0.05) is 43.3 Å². The van der Waals surface area contributed by atoms with Crippen molar-refractivity contribution in [1.82, 2.24) is 4.98 Å². The second-order valence-electron chi connectivity index (χ2n) is 7.17. The summed E-state index contributed by atoms with van der Waals surface area (Å²) in [5.74, 6) is 0.0157. The molecular formula is C15H22N4O3SSi. The van der Waals surface area contributed by atoms with Crippen molar-refractivity contribution in [3.05, 3.63) is 37.8 Å². The first-order valence-corrected chi connectivity index (χ1v) is 11.3. The Labute approximate surface area is 145 Å². The first kappa shape index (κ1) is 18.5. The fourth-order valence-corrected chi connectivity index (χ4v) is 4.32. The number of nitrogens with zero attached hydrogens (tertiary/aromatic N) is 3. The third-order valence-electron chi connectivity index (χ3n) is 4.49. The van der Waals surface area contributed by atoms with Gasteiger partial charge in [0.15, 0.2) is 8.32 Å². The molecular weight excluding hydrogens is 344 g/mol. The molecule has 2 N–H and O–H groups in total. The molecule has 0 saturated heterocycles. The average Bonchev–Trinajstić information content (AvgIpc) is 2.85. The number of azide groups is 1. The lowest BCUT2D eigenvalue weighted by molar-refractivity contribution is 0.193. The van der Waals surface area contributed by atoms with Crippen molar-refractivity contribution in [3.63, 3.8) is 0 Å². The Hall–Kier alpha value is -1.80. The van der Waals surface area contributed by atoms with Gasteiger partial charge in [-0.05, 0) is 35.3 Å². The zero-order valence-corrected chi connectivity index (χ0v) is 16.3. The van der Waals surface area contributed by atoms with Crippen LogP contribution in [0.1, 0.15) is 32.4 Å². The number of benzene rings is 1. The fourth-order valence-electron chi connectivity index (χ4n) is 2.14. The molecule has 0 spiro atoms. The van der Waals surface area contributed by atoms with Crippen LogP contribution in [0.4, 0.5) is 0 Å². The van der Waals surface area contributed by atoms with Gasteiger partial charge < -0.3 is 14.5 Å². The number of hydrogen-bond donors (Lipinski definition) is 2. The molecule has 0 aliphatic heterocycles. The molecule has 2 aromatic rings. The highest BCUT2D eigenvalue weighted by atomic mass is 32.1. The molecule has 1 atom stereocenters. The molecule has 0 aliphatic carbocycles. The van der Waals surface area contributed by atoms with Crippen molar-refractivity contribution < 1.29 is 9.53 Å². The predicted molar refractivity (Wildman–Crippen MR) is 99.1 cm³/mol. The molecule has 0 radical (unpaired) electrons. The van der Waals surface area contributed by atoms with Gasteiger partial charge in [-0.25, -0.2) is 0 Å². The lowest BCUT2D eigenvalue weighted by Crippen LogP contribution is -2.42. The van der Waals surface area contributed by atoms with E-state index in [2.05, 4.69) is 48.9 Å². The topological polar surface area (TPSA) is 111 Å². The average molecular weight is 367 g/mol. The van der Waals surface area contributed by atoms with E-state index in [0.29, 0.717) is 10.2 Å². The Morgan fingerprint density at radius 2 is 2.12 bits per heavy atom. The maximum Gasteiger partial charge on any atom is 0.305 e. The highest BCUT2D eigenvalue weighted by Crippen LogP contribution is 2.41. The number of hydrogen-bond acceptors (Lipinski definition) is 5. The van der Waals surface area contributed by atoms with Crippen LogP contribution in [-0.4, -0.2) is 25.0 Å². The minimum Gasteiger partial charge on any atom is -0.506 e. The predicted octanol–water partition coefficient (Wildman–Crippen LogP) is 4.67. The smallest absolute Gasteiger partial charge is 0.305 e. The monoisotopic (exact) mass is 366 g/mol. The van der Waals surface area contributed by atoms with Gasteiger partial charge in [-0.15, -0.1) is 0 Å². The molecule has 0 fully saturated rings. The van der Waals surface area contributed by atoms with E-state index in [1.54, 1.807) is 6.07 Å². The SMILES string of the molecule is CC(C)(C)[Si](C)(C)O[C@@H](CN=[N+]=[N-])c1ccc(O)c2[nH]c(=O)sc12. The zero-order valence-electron chi connectivity index (χ0n) is 14.5. The summed E-state index contributed by atoms with van der Waals surface area (Å²) in [6, 6.07) is 3.25. The lowest BCUT2D eigenvalue weighted by atomic mass is 10.1. The van der Waals surface area contributed by atoms with Gasteiger partial charge in [0.1, 0.15) is 11.3 Å². The van der Waals surface area contributed by atoms with Crippen LogP contribution in [0.5, 0.6) is 5.75 Å². The number of phenolic OH excluding ortho intramolecular Hbond substituents is 1. The van der Waals surface area contributed by atoms with E-state index < -0.39 is 14.4 Å². The van der Waals surface area contributed by atoms with Crippen molar-refractivity contribution >= 4 is 29.9 Å². The van der Waals surface area contributed by atoms with Crippen LogP contribution in [0.3, 0.4) is 0 Å². The van der Waals surface area contributed by atoms with E-state index in [0.717, 1.165) is 16.9 Å². The van der Waals surface area contributed by atoms with Crippen LogP contribution in [-0.2, 0) is 4.43 Å². The lowest BCUT2D eigenvalue weighted by Gasteiger charge is -2.39. The number of H-pyrrole nitrogens is 1. The number of nitrogens with one attached hydrogen (secondary N) is 1. The molecule has 2 rings (SSSR count). The standard InChI is InChI=1S/C15H22N4O3SSi/c1-15(2,3)24(4,5)22-11(8-17-19-16)9-6-7-10(20)12-13(9)23-14(21)18-12/h6-7,11,20H,8H2,1-5H3,(H,18,21)/t11-/m0/s1. The van der Waals surface area contributed by atoms with Gasteiger partial charge in [0.05, 0.1) is 17.3 Å². The van der Waals surface area contributed by atoms with Gasteiger partial charge in [-0.3, -0.25) is 4.79 Å². The largest absolute Gasteiger partial charge is 0.506 e. The van der Waals surface area contributed by atoms with Crippen LogP contribution < -0.4 is 4.87 Å². The van der Waals surface area contributed by atoms with Gasteiger partial charge in [0.2, 0.25) is 0 Å². The summed E-state index contributed by atoms with van der Waals surface area (Å²) in [5, 5.41) is 13.6. The van der Waals surface area contributed by atoms with Crippen molar-refractivity contribution in [2.45, 2.75) is 45.0 Å². The number of thiazole rings is 1. The third-order valence-corrected chi connectivity index (χ3v) is 9.91. The summed E-state index contributed by atoms with van der Waals surface area (Å²) in [7, 11) is -2.12. The van der Waals surface area contributed by atoms with E-state index in [9.17, 15) is 9.90 Å². The number of rotatable bonds is 5. The van der Waals surface area contributed by atoms with Crippen molar-refractivity contribution in [1.29, 1.82) is 0 Å². The summed E-state index contributed by atoms with van der Waals surface area (Å²) in [5.41, 5.74) is 9.85. The number of aromatic hydroxyl groups is 1. The molecule has 130 valence electrons. The van der Waals surface area contributed by atoms with Crippen molar-refractivity contribution in [2.24, 2.45) is 5.11 Å². The van der Waals surface area contributed by atoms with E-state index in [4.69, 9.17) is 9.96 Å². The first-order valence-electron chi connectivity index (χ1n) is 7.60. The maximum atomic E-state index is 11.7. The molecule has 24 heavy (non-hydrogen) atoms. The van der Waals surface area contributed by atoms with E-state index in [1.165, 1.54) is 6.07 Å². The minimum absolute atomic E-state index is 0.0110. The molecule has 9 heteroatoms. The third kappa shape index (κ3) is 3.64. The highest BCUT2D eigenvalue weighted by molar-refractivity contribution is 7.16. The van der Waals surface area contributed by atoms with E-state index in [-0.39, 0.29) is 22.2 Å². The molecule has 0 bridgehead atoms. The Bertz CT molecular complexity index is 847. The van der Waals surface area contributed by atoms with Crippen LogP contribution in [0, 0.1) is 0 Å². The van der Waals surface area contributed by atoms with E-state index >= 15 is 0 Å². The second-order valence-corrected chi connectivity index (χ2v) is 12.9. The van der Waals surface area contributed by atoms with Gasteiger partial charge in [-0.2, -0.15) is 0 Å². The first-order chi connectivity index (χ1) is 11.1. The number of phenols is 1. The molecule has 1 aromatic heterocycles. The molecule has 7 nitrogen and oxygen atoms in total. The number of aromatic nitrogens is 1. The summed E-state index contributed by atoms with van der Waals surface area (Å²) >= 11 is 1.02. The minimum atomic E-state index is -2.12. The van der Waals surface area contributed by atoms with Crippen LogP contribution in [0.15, 0.2) is 22.0 Å². The molecule has 0 saturated carbocycles. The quantitative estimate of drug-likeness (QED) is 0.347. The Balaban J connectivity index is 2.55. The maximum absolute atomic E-state index is 11.7. The van der Waals surface area contributed by atoms with Crippen LogP contribution in [0.25, 0.3) is 20.7 Å². The fraction of sp³-hybridized carbons (Fsp3) is 0.533. The molecule has 0 aliphatic rings. The number of fused-ring (bicyclic) bond motifs is 1. The van der Waals surface area contributed by atoms with Gasteiger partial charge in [0, 0.05) is 4.91 Å². The molecule has 0 unspecified atom stereocenters. The summed E-state index contributed by atoms with van der Waals surface area (Å²) in [6.45, 7) is 10.8. The summed E-state index contributed by atoms with van der Waals surface area (Å²) < 4.78 is 7.07. The zero-order chi connectivity index (χ0) is 18.1. The van der Waals surface area contributed by atoms with Gasteiger partial charge >= 0.3 is 4.87 Å². The van der Waals surface area contributed by atoms with Crippen molar-refractivity contribution in [3.8, 4) is 5.75 Å².